The highest BCUT2D eigenvalue weighted by Gasteiger charge is 2.10. The number of hydrogen-bond donors (Lipinski definition) is 2. The van der Waals surface area contributed by atoms with Crippen molar-refractivity contribution in [2.75, 3.05) is 0 Å². The first-order chi connectivity index (χ1) is 5.04. The number of hydrogen-bond acceptors (Lipinski definition) is 2. The fourth-order valence-electron chi connectivity index (χ4n) is 0.683. The van der Waals surface area contributed by atoms with E-state index in [1.807, 2.05) is 0 Å². The van der Waals surface area contributed by atoms with Crippen LogP contribution in [0.15, 0.2) is 0 Å². The molecule has 0 spiro atoms. The molecule has 0 radical (unpaired) electrons. The maximum atomic E-state index is 10.2. The van der Waals surface area contributed by atoms with Crippen molar-refractivity contribution in [1.82, 2.24) is 0 Å². The van der Waals surface area contributed by atoms with Gasteiger partial charge in [0.1, 0.15) is 0 Å². The van der Waals surface area contributed by atoms with Crippen LogP contribution in [0.1, 0.15) is 26.2 Å². The third kappa shape index (κ3) is 7.34. The number of rotatable bonds is 5. The van der Waals surface area contributed by atoms with Crippen LogP contribution in [0.25, 0.3) is 0 Å². The maximum Gasteiger partial charge on any atom is 0.306 e. The van der Waals surface area contributed by atoms with Gasteiger partial charge < -0.3 is 10.2 Å². The van der Waals surface area contributed by atoms with Crippen molar-refractivity contribution < 1.29 is 19.8 Å². The van der Waals surface area contributed by atoms with Crippen LogP contribution >= 0.6 is 12.4 Å². The third-order valence-corrected chi connectivity index (χ3v) is 1.45. The van der Waals surface area contributed by atoms with Crippen LogP contribution in [0.3, 0.4) is 0 Å². The topological polar surface area (TPSA) is 74.6 Å². The van der Waals surface area contributed by atoms with Gasteiger partial charge in [-0.2, -0.15) is 0 Å². The van der Waals surface area contributed by atoms with E-state index >= 15 is 0 Å². The summed E-state index contributed by atoms with van der Waals surface area (Å²) in [5.74, 6) is -2.17. The standard InChI is InChI=1S/C7H12O4.ClH/c1-5(7(10)11)3-2-4-6(8)9;/h5H,2-4H2,1H3,(H,8,9)(H,10,11);1H. The molecular weight excluding hydrogens is 184 g/mol. The smallest absolute Gasteiger partial charge is 0.306 e. The van der Waals surface area contributed by atoms with Crippen LogP contribution in [-0.4, -0.2) is 22.2 Å². The van der Waals surface area contributed by atoms with Gasteiger partial charge in [-0.15, -0.1) is 12.4 Å². The van der Waals surface area contributed by atoms with Crippen molar-refractivity contribution in [3.63, 3.8) is 0 Å². The van der Waals surface area contributed by atoms with Crippen molar-refractivity contribution >= 4 is 24.3 Å². The Morgan fingerprint density at radius 3 is 2.17 bits per heavy atom. The number of carboxylic acids is 2. The summed E-state index contributed by atoms with van der Waals surface area (Å²) in [6.07, 6.45) is 0.919. The van der Waals surface area contributed by atoms with Gasteiger partial charge in [0.2, 0.25) is 0 Å². The highest BCUT2D eigenvalue weighted by molar-refractivity contribution is 5.85. The first kappa shape index (κ1) is 13.8. The van der Waals surface area contributed by atoms with E-state index in [4.69, 9.17) is 10.2 Å². The molecule has 4 nitrogen and oxygen atoms in total. The minimum absolute atomic E-state index is 0. The van der Waals surface area contributed by atoms with E-state index in [2.05, 4.69) is 0 Å². The predicted octanol–water partition coefficient (Wildman–Crippen LogP) is 1.38. The second-order valence-corrected chi connectivity index (χ2v) is 2.53. The molecule has 0 aromatic rings. The normalized spacial score (nSPS) is 11.4. The van der Waals surface area contributed by atoms with Gasteiger partial charge >= 0.3 is 11.9 Å². The summed E-state index contributed by atoms with van der Waals surface area (Å²) in [7, 11) is 0. The van der Waals surface area contributed by atoms with Gasteiger partial charge in [0.25, 0.3) is 0 Å². The van der Waals surface area contributed by atoms with Crippen molar-refractivity contribution in [1.29, 1.82) is 0 Å². The summed E-state index contributed by atoms with van der Waals surface area (Å²) < 4.78 is 0. The molecule has 0 heterocycles. The Balaban J connectivity index is 0. The monoisotopic (exact) mass is 196 g/mol. The van der Waals surface area contributed by atoms with Crippen LogP contribution in [0.4, 0.5) is 0 Å². The molecule has 0 saturated carbocycles. The Hall–Kier alpha value is -0.770. The van der Waals surface area contributed by atoms with Crippen LogP contribution < -0.4 is 0 Å². The molecule has 72 valence electrons. The summed E-state index contributed by atoms with van der Waals surface area (Å²) >= 11 is 0. The second-order valence-electron chi connectivity index (χ2n) is 2.53. The molecule has 12 heavy (non-hydrogen) atoms. The molecule has 1 unspecified atom stereocenters. The Morgan fingerprint density at radius 1 is 1.33 bits per heavy atom. The lowest BCUT2D eigenvalue weighted by Crippen LogP contribution is -2.09. The van der Waals surface area contributed by atoms with Crippen LogP contribution in [0.5, 0.6) is 0 Å². The Bertz CT molecular complexity index is 157. The van der Waals surface area contributed by atoms with Crippen LogP contribution in [0, 0.1) is 5.92 Å². The third-order valence-electron chi connectivity index (χ3n) is 1.45. The minimum atomic E-state index is -0.873. The molecule has 0 bridgehead atoms. The van der Waals surface area contributed by atoms with Gasteiger partial charge in [0.05, 0.1) is 5.92 Å². The van der Waals surface area contributed by atoms with Gasteiger partial charge in [0, 0.05) is 6.42 Å². The van der Waals surface area contributed by atoms with E-state index < -0.39 is 17.9 Å². The fraction of sp³-hybridized carbons (Fsp3) is 0.714. The van der Waals surface area contributed by atoms with E-state index in [1.165, 1.54) is 0 Å². The Labute approximate surface area is 77.0 Å². The first-order valence-corrected chi connectivity index (χ1v) is 3.48. The first-order valence-electron chi connectivity index (χ1n) is 3.48. The number of carboxylic acid groups (broad SMARTS) is 2. The predicted molar refractivity (Wildman–Crippen MR) is 45.5 cm³/mol. The van der Waals surface area contributed by atoms with E-state index in [0.717, 1.165) is 0 Å². The van der Waals surface area contributed by atoms with E-state index in [9.17, 15) is 9.59 Å². The van der Waals surface area contributed by atoms with Gasteiger partial charge in [0.15, 0.2) is 0 Å². The molecule has 0 aromatic heterocycles. The van der Waals surface area contributed by atoms with E-state index in [1.54, 1.807) is 6.92 Å². The van der Waals surface area contributed by atoms with Gasteiger partial charge in [-0.25, -0.2) is 0 Å². The maximum absolute atomic E-state index is 10.2. The molecule has 0 aromatic carbocycles. The van der Waals surface area contributed by atoms with Crippen molar-refractivity contribution in [3.05, 3.63) is 0 Å². The highest BCUT2D eigenvalue weighted by atomic mass is 35.5. The lowest BCUT2D eigenvalue weighted by molar-refractivity contribution is -0.142. The van der Waals surface area contributed by atoms with Gasteiger partial charge in [-0.3, -0.25) is 9.59 Å². The average Bonchev–Trinajstić information content (AvgIpc) is 1.86. The van der Waals surface area contributed by atoms with E-state index in [-0.39, 0.29) is 18.8 Å². The Morgan fingerprint density at radius 2 is 1.83 bits per heavy atom. The molecule has 5 heteroatoms. The van der Waals surface area contributed by atoms with Crippen LogP contribution in [0.2, 0.25) is 0 Å². The molecule has 0 saturated heterocycles. The Kier molecular flexibility index (Phi) is 7.94. The molecule has 0 amide bonds. The molecule has 0 rings (SSSR count). The lowest BCUT2D eigenvalue weighted by atomic mass is 10.1. The SMILES string of the molecule is CC(CCCC(=O)O)C(=O)O.Cl. The molecule has 0 aliphatic carbocycles. The zero-order valence-corrected chi connectivity index (χ0v) is 7.63. The largest absolute Gasteiger partial charge is 0.481 e. The second kappa shape index (κ2) is 6.91. The zero-order chi connectivity index (χ0) is 8.85. The van der Waals surface area contributed by atoms with Gasteiger partial charge in [-0.05, 0) is 12.8 Å². The molecule has 0 aliphatic rings. The molecule has 1 atom stereocenters. The molecular formula is C7H13ClO4. The quantitative estimate of drug-likeness (QED) is 0.697. The van der Waals surface area contributed by atoms with Crippen molar-refractivity contribution in [2.24, 2.45) is 5.92 Å². The van der Waals surface area contributed by atoms with Gasteiger partial charge in [-0.1, -0.05) is 6.92 Å². The average molecular weight is 197 g/mol. The van der Waals surface area contributed by atoms with E-state index in [0.29, 0.717) is 12.8 Å². The molecule has 0 aliphatic heterocycles. The van der Waals surface area contributed by atoms with Crippen molar-refractivity contribution in [3.8, 4) is 0 Å². The summed E-state index contributed by atoms with van der Waals surface area (Å²) in [4.78, 5) is 20.2. The number of carbonyl (C=O) groups is 2. The summed E-state index contributed by atoms with van der Waals surface area (Å²) in [6.45, 7) is 1.57. The summed E-state index contributed by atoms with van der Waals surface area (Å²) in [5.41, 5.74) is 0. The summed E-state index contributed by atoms with van der Waals surface area (Å²) in [6, 6.07) is 0. The minimum Gasteiger partial charge on any atom is -0.481 e. The summed E-state index contributed by atoms with van der Waals surface area (Å²) in [5, 5.41) is 16.6. The number of halogens is 1. The molecule has 0 fully saturated rings. The van der Waals surface area contributed by atoms with Crippen molar-refractivity contribution in [2.45, 2.75) is 26.2 Å². The number of aliphatic carboxylic acids is 2. The highest BCUT2D eigenvalue weighted by Crippen LogP contribution is 2.07. The fourth-order valence-corrected chi connectivity index (χ4v) is 0.683. The zero-order valence-electron chi connectivity index (χ0n) is 6.82. The molecule has 2 N–H and O–H groups in total. The lowest BCUT2D eigenvalue weighted by Gasteiger charge is -2.02. The van der Waals surface area contributed by atoms with Crippen LogP contribution in [-0.2, 0) is 9.59 Å².